The molecule has 0 aromatic carbocycles. The first-order valence-electron chi connectivity index (χ1n) is 7.69. The monoisotopic (exact) mass is 306 g/mol. The van der Waals surface area contributed by atoms with Gasteiger partial charge in [-0.25, -0.2) is 9.59 Å². The van der Waals surface area contributed by atoms with E-state index in [0.717, 1.165) is 24.8 Å². The van der Waals surface area contributed by atoms with Gasteiger partial charge in [0.15, 0.2) is 0 Å². The molecule has 22 heavy (non-hydrogen) atoms. The van der Waals surface area contributed by atoms with Crippen molar-refractivity contribution < 1.29 is 19.1 Å². The summed E-state index contributed by atoms with van der Waals surface area (Å²) in [6.45, 7) is 2.55. The van der Waals surface area contributed by atoms with Gasteiger partial charge in [-0.1, -0.05) is 5.57 Å². The first-order chi connectivity index (χ1) is 10.6. The lowest BCUT2D eigenvalue weighted by molar-refractivity contribution is -0.152. The van der Waals surface area contributed by atoms with E-state index in [4.69, 9.17) is 14.7 Å². The van der Waals surface area contributed by atoms with Crippen LogP contribution >= 0.6 is 0 Å². The number of likely N-dealkylation sites (tertiary alicyclic amines) is 1. The molecule has 120 valence electrons. The third kappa shape index (κ3) is 3.41. The molecule has 0 aromatic rings. The van der Waals surface area contributed by atoms with Gasteiger partial charge in [-0.15, -0.1) is 0 Å². The van der Waals surface area contributed by atoms with E-state index in [2.05, 4.69) is 6.07 Å². The number of amides is 1. The van der Waals surface area contributed by atoms with Gasteiger partial charge in [0.25, 0.3) is 0 Å². The quantitative estimate of drug-likeness (QED) is 0.577. The molecule has 0 spiro atoms. The maximum Gasteiger partial charge on any atom is 0.410 e. The molecule has 6 heteroatoms. The van der Waals surface area contributed by atoms with E-state index in [-0.39, 0.29) is 12.6 Å². The number of hydrogen-bond donors (Lipinski definition) is 0. The predicted octanol–water partition coefficient (Wildman–Crippen LogP) is 2.26. The molecule has 2 fully saturated rings. The Morgan fingerprint density at radius 1 is 1.45 bits per heavy atom. The number of rotatable bonds is 2. The first-order valence-corrected chi connectivity index (χ1v) is 7.69. The van der Waals surface area contributed by atoms with Crippen molar-refractivity contribution in [2.45, 2.75) is 38.6 Å². The van der Waals surface area contributed by atoms with Gasteiger partial charge in [0, 0.05) is 12.6 Å². The second-order valence-corrected chi connectivity index (χ2v) is 5.82. The Bertz CT molecular complexity index is 509. The third-order valence-corrected chi connectivity index (χ3v) is 4.60. The largest absolute Gasteiger partial charge is 0.464 e. The summed E-state index contributed by atoms with van der Waals surface area (Å²) in [5.74, 6) is 0.284. The normalized spacial score (nSPS) is 29.4. The van der Waals surface area contributed by atoms with Crippen molar-refractivity contribution >= 4 is 12.1 Å². The summed E-state index contributed by atoms with van der Waals surface area (Å²) in [5.41, 5.74) is 1.14. The predicted molar refractivity (Wildman–Crippen MR) is 78.7 cm³/mol. The lowest BCUT2D eigenvalue weighted by Crippen LogP contribution is -2.54. The maximum atomic E-state index is 12.2. The molecule has 0 radical (unpaired) electrons. The van der Waals surface area contributed by atoms with Crippen molar-refractivity contribution in [1.29, 1.82) is 5.26 Å². The van der Waals surface area contributed by atoms with E-state index in [1.165, 1.54) is 12.0 Å². The average molecular weight is 306 g/mol. The summed E-state index contributed by atoms with van der Waals surface area (Å²) in [6.07, 6.45) is 4.34. The maximum absolute atomic E-state index is 12.2. The minimum absolute atomic E-state index is 0.290. The Morgan fingerprint density at radius 3 is 2.86 bits per heavy atom. The minimum atomic E-state index is -0.588. The zero-order valence-corrected chi connectivity index (χ0v) is 13.1. The first kappa shape index (κ1) is 16.3. The lowest BCUT2D eigenvalue weighted by Gasteiger charge is -2.44. The fourth-order valence-corrected chi connectivity index (χ4v) is 3.53. The fourth-order valence-electron chi connectivity index (χ4n) is 3.53. The van der Waals surface area contributed by atoms with E-state index < -0.39 is 12.1 Å². The van der Waals surface area contributed by atoms with Gasteiger partial charge in [0.05, 0.1) is 19.8 Å². The number of fused-ring (bicyclic) bond motifs is 1. The van der Waals surface area contributed by atoms with Crippen LogP contribution in [0.5, 0.6) is 0 Å². The number of methoxy groups -OCH3 is 1. The molecule has 0 N–H and O–H groups in total. The SMILES string of the molecule is CCOC(=O)[C@@H]1C[C@H]2C/C(=C/C#N)CC[C@@H]2CN1C(=O)OC. The van der Waals surface area contributed by atoms with Gasteiger partial charge >= 0.3 is 12.1 Å². The summed E-state index contributed by atoms with van der Waals surface area (Å²) >= 11 is 0. The molecule has 1 saturated heterocycles. The highest BCUT2D eigenvalue weighted by Gasteiger charge is 2.43. The highest BCUT2D eigenvalue weighted by Crippen LogP contribution is 2.41. The van der Waals surface area contributed by atoms with E-state index in [0.29, 0.717) is 24.8 Å². The molecule has 1 saturated carbocycles. The van der Waals surface area contributed by atoms with Crippen LogP contribution in [0.1, 0.15) is 32.6 Å². The van der Waals surface area contributed by atoms with Crippen molar-refractivity contribution in [3.63, 3.8) is 0 Å². The van der Waals surface area contributed by atoms with Crippen molar-refractivity contribution in [3.8, 4) is 6.07 Å². The van der Waals surface area contributed by atoms with Crippen LogP contribution in [0.25, 0.3) is 0 Å². The van der Waals surface area contributed by atoms with Crippen molar-refractivity contribution in [1.82, 2.24) is 4.90 Å². The second-order valence-electron chi connectivity index (χ2n) is 5.82. The second kappa shape index (κ2) is 7.30. The Morgan fingerprint density at radius 2 is 2.23 bits per heavy atom. The van der Waals surface area contributed by atoms with Gasteiger partial charge in [0.2, 0.25) is 0 Å². The number of ether oxygens (including phenoxy) is 2. The number of carbonyl (C=O) groups is 2. The van der Waals surface area contributed by atoms with Crippen LogP contribution < -0.4 is 0 Å². The molecule has 0 bridgehead atoms. The molecule has 2 aliphatic rings. The number of nitrogens with zero attached hydrogens (tertiary/aromatic N) is 2. The average Bonchev–Trinajstić information content (AvgIpc) is 2.53. The summed E-state index contributed by atoms with van der Waals surface area (Å²) in [6, 6.07) is 1.50. The van der Waals surface area contributed by atoms with Crippen LogP contribution in [0.3, 0.4) is 0 Å². The zero-order valence-electron chi connectivity index (χ0n) is 13.1. The van der Waals surface area contributed by atoms with Crippen LogP contribution in [-0.2, 0) is 14.3 Å². The molecule has 6 nitrogen and oxygen atoms in total. The topological polar surface area (TPSA) is 79.6 Å². The van der Waals surface area contributed by atoms with Crippen LogP contribution in [0, 0.1) is 23.2 Å². The lowest BCUT2D eigenvalue weighted by atomic mass is 9.71. The van der Waals surface area contributed by atoms with Gasteiger partial charge < -0.3 is 9.47 Å². The highest BCUT2D eigenvalue weighted by atomic mass is 16.6. The zero-order chi connectivity index (χ0) is 16.1. The standard InChI is InChI=1S/C16H22N2O4/c1-3-22-15(19)14-9-13-8-11(6-7-17)4-5-12(13)10-18(14)16(20)21-2/h6,12-14H,3-5,8-10H2,1-2H3/b11-6+/t12-,13-,14+/m1/s1. The Balaban J connectivity index is 2.16. The Labute approximate surface area is 130 Å². The number of piperidine rings is 1. The molecule has 2 rings (SSSR count). The van der Waals surface area contributed by atoms with Crippen LogP contribution in [0.15, 0.2) is 11.6 Å². The number of carbonyl (C=O) groups excluding carboxylic acids is 2. The van der Waals surface area contributed by atoms with Gasteiger partial charge in [0.1, 0.15) is 6.04 Å². The van der Waals surface area contributed by atoms with Crippen molar-refractivity contribution in [2.75, 3.05) is 20.3 Å². The Kier molecular flexibility index (Phi) is 5.42. The van der Waals surface area contributed by atoms with Crippen molar-refractivity contribution in [3.05, 3.63) is 11.6 Å². The van der Waals surface area contributed by atoms with E-state index >= 15 is 0 Å². The fraction of sp³-hybridized carbons (Fsp3) is 0.688. The minimum Gasteiger partial charge on any atom is -0.464 e. The molecule has 1 aliphatic heterocycles. The summed E-state index contributed by atoms with van der Waals surface area (Å²) < 4.78 is 9.92. The molecule has 1 aliphatic carbocycles. The number of nitriles is 1. The summed E-state index contributed by atoms with van der Waals surface area (Å²) in [4.78, 5) is 25.6. The van der Waals surface area contributed by atoms with Gasteiger partial charge in [-0.05, 0) is 44.4 Å². The molecular weight excluding hydrogens is 284 g/mol. The van der Waals surface area contributed by atoms with Gasteiger partial charge in [-0.3, -0.25) is 4.90 Å². The molecule has 0 aromatic heterocycles. The summed E-state index contributed by atoms with van der Waals surface area (Å²) in [5, 5.41) is 8.80. The smallest absolute Gasteiger partial charge is 0.410 e. The van der Waals surface area contributed by atoms with Crippen LogP contribution in [0.2, 0.25) is 0 Å². The van der Waals surface area contributed by atoms with Crippen LogP contribution in [-0.4, -0.2) is 43.3 Å². The molecule has 0 unspecified atom stereocenters. The van der Waals surface area contributed by atoms with Gasteiger partial charge in [-0.2, -0.15) is 5.26 Å². The van der Waals surface area contributed by atoms with Crippen LogP contribution in [0.4, 0.5) is 4.79 Å². The molecule has 3 atom stereocenters. The van der Waals surface area contributed by atoms with E-state index in [9.17, 15) is 9.59 Å². The summed E-state index contributed by atoms with van der Waals surface area (Å²) in [7, 11) is 1.32. The highest BCUT2D eigenvalue weighted by molar-refractivity contribution is 5.81. The molecule has 1 amide bonds. The van der Waals surface area contributed by atoms with E-state index in [1.54, 1.807) is 13.0 Å². The number of allylic oxidation sites excluding steroid dienone is 2. The van der Waals surface area contributed by atoms with Crippen molar-refractivity contribution in [2.24, 2.45) is 11.8 Å². The number of hydrogen-bond acceptors (Lipinski definition) is 5. The molecular formula is C16H22N2O4. The van der Waals surface area contributed by atoms with E-state index in [1.807, 2.05) is 0 Å². The third-order valence-electron chi connectivity index (χ3n) is 4.60. The molecule has 1 heterocycles. The number of esters is 1. The Hall–Kier alpha value is -2.03.